The number of aliphatic hydroxyl groups is 1. The molecule has 0 aliphatic heterocycles. The standard InChI is InChI=1S/C14H18N2O2/c1-10(17)6-8-15-14-12-4-3-5-13(18-2)11(12)7-9-16-14/h3-5,7,9-10,17H,6,8H2,1-2H3,(H,15,16). The number of nitrogens with zero attached hydrogens (tertiary/aromatic N) is 1. The first-order valence-electron chi connectivity index (χ1n) is 6.06. The molecule has 96 valence electrons. The topological polar surface area (TPSA) is 54.4 Å². The van der Waals surface area contributed by atoms with E-state index in [4.69, 9.17) is 4.74 Å². The van der Waals surface area contributed by atoms with Crippen LogP contribution in [0.15, 0.2) is 30.5 Å². The van der Waals surface area contributed by atoms with Crippen LogP contribution < -0.4 is 10.1 Å². The summed E-state index contributed by atoms with van der Waals surface area (Å²) in [7, 11) is 1.66. The summed E-state index contributed by atoms with van der Waals surface area (Å²) in [6.07, 6.45) is 2.15. The van der Waals surface area contributed by atoms with Crippen LogP contribution in [-0.2, 0) is 0 Å². The molecular weight excluding hydrogens is 228 g/mol. The number of aromatic nitrogens is 1. The van der Waals surface area contributed by atoms with Crippen LogP contribution in [0.3, 0.4) is 0 Å². The van der Waals surface area contributed by atoms with Crippen molar-refractivity contribution in [1.82, 2.24) is 4.98 Å². The van der Waals surface area contributed by atoms with Crippen LogP contribution in [0.25, 0.3) is 10.8 Å². The molecule has 18 heavy (non-hydrogen) atoms. The van der Waals surface area contributed by atoms with Gasteiger partial charge in [-0.05, 0) is 25.5 Å². The van der Waals surface area contributed by atoms with Crippen molar-refractivity contribution >= 4 is 16.6 Å². The SMILES string of the molecule is COc1cccc2c(NCCC(C)O)nccc12. The molecule has 1 unspecified atom stereocenters. The van der Waals surface area contributed by atoms with Crippen molar-refractivity contribution in [2.24, 2.45) is 0 Å². The summed E-state index contributed by atoms with van der Waals surface area (Å²) in [5, 5.41) is 14.6. The maximum absolute atomic E-state index is 9.25. The summed E-state index contributed by atoms with van der Waals surface area (Å²) < 4.78 is 5.33. The van der Waals surface area contributed by atoms with Crippen molar-refractivity contribution in [3.63, 3.8) is 0 Å². The van der Waals surface area contributed by atoms with Crippen molar-refractivity contribution in [3.05, 3.63) is 30.5 Å². The van der Waals surface area contributed by atoms with E-state index in [0.717, 1.165) is 22.3 Å². The first kappa shape index (κ1) is 12.6. The van der Waals surface area contributed by atoms with Crippen molar-refractivity contribution < 1.29 is 9.84 Å². The predicted octanol–water partition coefficient (Wildman–Crippen LogP) is 2.43. The van der Waals surface area contributed by atoms with Gasteiger partial charge in [0.2, 0.25) is 0 Å². The molecule has 4 nitrogen and oxygen atoms in total. The maximum Gasteiger partial charge on any atom is 0.133 e. The number of benzene rings is 1. The highest BCUT2D eigenvalue weighted by Gasteiger charge is 2.06. The van der Waals surface area contributed by atoms with E-state index in [1.165, 1.54) is 0 Å². The van der Waals surface area contributed by atoms with Gasteiger partial charge in [-0.25, -0.2) is 4.98 Å². The van der Waals surface area contributed by atoms with E-state index in [1.54, 1.807) is 20.2 Å². The van der Waals surface area contributed by atoms with E-state index in [-0.39, 0.29) is 6.10 Å². The Labute approximate surface area is 107 Å². The van der Waals surface area contributed by atoms with Gasteiger partial charge >= 0.3 is 0 Å². The average molecular weight is 246 g/mol. The number of aliphatic hydroxyl groups excluding tert-OH is 1. The minimum atomic E-state index is -0.304. The Morgan fingerprint density at radius 1 is 1.33 bits per heavy atom. The number of methoxy groups -OCH3 is 1. The van der Waals surface area contributed by atoms with Gasteiger partial charge in [0.05, 0.1) is 13.2 Å². The third-order valence-corrected chi connectivity index (χ3v) is 2.84. The third-order valence-electron chi connectivity index (χ3n) is 2.84. The molecule has 0 saturated carbocycles. The van der Waals surface area contributed by atoms with Gasteiger partial charge < -0.3 is 15.2 Å². The highest BCUT2D eigenvalue weighted by atomic mass is 16.5. The molecule has 1 heterocycles. The molecule has 0 saturated heterocycles. The lowest BCUT2D eigenvalue weighted by atomic mass is 10.1. The molecule has 0 aliphatic rings. The van der Waals surface area contributed by atoms with Gasteiger partial charge in [0.25, 0.3) is 0 Å². The lowest BCUT2D eigenvalue weighted by Gasteiger charge is -2.11. The molecule has 4 heteroatoms. The molecule has 2 rings (SSSR count). The molecule has 1 aromatic heterocycles. The normalized spacial score (nSPS) is 12.4. The second-order valence-corrected chi connectivity index (χ2v) is 4.28. The number of hydrogen-bond donors (Lipinski definition) is 2. The summed E-state index contributed by atoms with van der Waals surface area (Å²) in [5.74, 6) is 1.67. The Morgan fingerprint density at radius 3 is 2.89 bits per heavy atom. The largest absolute Gasteiger partial charge is 0.496 e. The van der Waals surface area contributed by atoms with Crippen LogP contribution in [0.4, 0.5) is 5.82 Å². The van der Waals surface area contributed by atoms with Crippen molar-refractivity contribution in [3.8, 4) is 5.75 Å². The number of anilines is 1. The van der Waals surface area contributed by atoms with E-state index in [2.05, 4.69) is 10.3 Å². The fourth-order valence-corrected chi connectivity index (χ4v) is 1.90. The molecule has 1 aromatic carbocycles. The molecular formula is C14H18N2O2. The number of nitrogens with one attached hydrogen (secondary N) is 1. The van der Waals surface area contributed by atoms with Crippen molar-refractivity contribution in [2.75, 3.05) is 19.0 Å². The van der Waals surface area contributed by atoms with Crippen molar-refractivity contribution in [1.29, 1.82) is 0 Å². The van der Waals surface area contributed by atoms with Gasteiger partial charge in [0, 0.05) is 23.5 Å². The Morgan fingerprint density at radius 2 is 2.17 bits per heavy atom. The fraction of sp³-hybridized carbons (Fsp3) is 0.357. The van der Waals surface area contributed by atoms with Crippen molar-refractivity contribution in [2.45, 2.75) is 19.4 Å². The van der Waals surface area contributed by atoms with Gasteiger partial charge in [0.15, 0.2) is 0 Å². The lowest BCUT2D eigenvalue weighted by molar-refractivity contribution is 0.188. The highest BCUT2D eigenvalue weighted by Crippen LogP contribution is 2.28. The lowest BCUT2D eigenvalue weighted by Crippen LogP contribution is -2.10. The molecule has 2 N–H and O–H groups in total. The van der Waals surface area contributed by atoms with Gasteiger partial charge in [-0.1, -0.05) is 12.1 Å². The molecule has 0 amide bonds. The number of pyridine rings is 1. The highest BCUT2D eigenvalue weighted by molar-refractivity contribution is 5.95. The maximum atomic E-state index is 9.25. The Kier molecular flexibility index (Phi) is 3.99. The molecule has 0 bridgehead atoms. The first-order chi connectivity index (χ1) is 8.72. The summed E-state index contributed by atoms with van der Waals surface area (Å²) in [6, 6.07) is 7.83. The average Bonchev–Trinajstić information content (AvgIpc) is 2.38. The van der Waals surface area contributed by atoms with Crippen LogP contribution in [-0.4, -0.2) is 29.8 Å². The molecule has 0 radical (unpaired) electrons. The van der Waals surface area contributed by atoms with Crippen LogP contribution in [0.1, 0.15) is 13.3 Å². The Bertz CT molecular complexity index is 526. The monoisotopic (exact) mass is 246 g/mol. The van der Waals surface area contributed by atoms with E-state index >= 15 is 0 Å². The zero-order valence-corrected chi connectivity index (χ0v) is 10.7. The Balaban J connectivity index is 2.28. The molecule has 1 atom stereocenters. The van der Waals surface area contributed by atoms with Gasteiger partial charge in [-0.3, -0.25) is 0 Å². The van der Waals surface area contributed by atoms with Crippen LogP contribution in [0.2, 0.25) is 0 Å². The minimum Gasteiger partial charge on any atom is -0.496 e. The molecule has 0 spiro atoms. The summed E-state index contributed by atoms with van der Waals surface area (Å²) in [5.41, 5.74) is 0. The minimum absolute atomic E-state index is 0.304. The summed E-state index contributed by atoms with van der Waals surface area (Å²) in [4.78, 5) is 4.33. The number of hydrogen-bond acceptors (Lipinski definition) is 4. The predicted molar refractivity (Wildman–Crippen MR) is 73.1 cm³/mol. The quantitative estimate of drug-likeness (QED) is 0.850. The Hall–Kier alpha value is -1.81. The van der Waals surface area contributed by atoms with E-state index in [9.17, 15) is 5.11 Å². The molecule has 0 fully saturated rings. The van der Waals surface area contributed by atoms with E-state index < -0.39 is 0 Å². The second-order valence-electron chi connectivity index (χ2n) is 4.28. The van der Waals surface area contributed by atoms with Crippen LogP contribution in [0.5, 0.6) is 5.75 Å². The second kappa shape index (κ2) is 5.69. The molecule has 2 aromatic rings. The fourth-order valence-electron chi connectivity index (χ4n) is 1.90. The zero-order chi connectivity index (χ0) is 13.0. The zero-order valence-electron chi connectivity index (χ0n) is 10.7. The van der Waals surface area contributed by atoms with Gasteiger partial charge in [-0.15, -0.1) is 0 Å². The van der Waals surface area contributed by atoms with Gasteiger partial charge in [-0.2, -0.15) is 0 Å². The molecule has 0 aliphatic carbocycles. The first-order valence-corrected chi connectivity index (χ1v) is 6.06. The summed E-state index contributed by atoms with van der Waals surface area (Å²) >= 11 is 0. The van der Waals surface area contributed by atoms with E-state index in [0.29, 0.717) is 13.0 Å². The number of fused-ring (bicyclic) bond motifs is 1. The number of ether oxygens (including phenoxy) is 1. The summed E-state index contributed by atoms with van der Waals surface area (Å²) in [6.45, 7) is 2.47. The van der Waals surface area contributed by atoms with Crippen LogP contribution in [0, 0.1) is 0 Å². The smallest absolute Gasteiger partial charge is 0.133 e. The number of rotatable bonds is 5. The van der Waals surface area contributed by atoms with E-state index in [1.807, 2.05) is 24.3 Å². The third kappa shape index (κ3) is 2.71. The van der Waals surface area contributed by atoms with Gasteiger partial charge in [0.1, 0.15) is 11.6 Å². The van der Waals surface area contributed by atoms with Crippen LogP contribution >= 0.6 is 0 Å².